The maximum atomic E-state index is 12.3. The van der Waals surface area contributed by atoms with Crippen molar-refractivity contribution in [2.24, 2.45) is 0 Å². The minimum Gasteiger partial charge on any atom is -0.373 e. The number of benzene rings is 1. The zero-order valence-electron chi connectivity index (χ0n) is 14.1. The van der Waals surface area contributed by atoms with Crippen molar-refractivity contribution in [3.05, 3.63) is 41.4 Å². The van der Waals surface area contributed by atoms with Gasteiger partial charge in [-0.1, -0.05) is 30.3 Å². The van der Waals surface area contributed by atoms with Crippen molar-refractivity contribution in [2.45, 2.75) is 26.1 Å². The summed E-state index contributed by atoms with van der Waals surface area (Å²) in [4.78, 5) is 19.6. The number of morpholine rings is 1. The fraction of sp³-hybridized carbons (Fsp3) is 0.444. The van der Waals surface area contributed by atoms with Crippen LogP contribution < -0.4 is 5.32 Å². The predicted octanol–water partition coefficient (Wildman–Crippen LogP) is 2.65. The second kappa shape index (κ2) is 7.88. The molecule has 1 N–H and O–H groups in total. The fourth-order valence-corrected chi connectivity index (χ4v) is 3.81. The van der Waals surface area contributed by atoms with Crippen molar-refractivity contribution in [1.82, 2.24) is 15.2 Å². The first-order valence-electron chi connectivity index (χ1n) is 8.29. The SMILES string of the molecule is C[C@@H]1CN(CCNC(=O)c2cnc(-c3ccccc3)s2)C[C@@H](C)O1. The highest BCUT2D eigenvalue weighted by Gasteiger charge is 2.21. The number of ether oxygens (including phenoxy) is 1. The Bertz CT molecular complexity index is 664. The Morgan fingerprint density at radius 1 is 1.29 bits per heavy atom. The molecule has 3 rings (SSSR count). The van der Waals surface area contributed by atoms with Gasteiger partial charge in [0.15, 0.2) is 0 Å². The maximum Gasteiger partial charge on any atom is 0.263 e. The van der Waals surface area contributed by atoms with E-state index in [0.717, 1.165) is 30.2 Å². The minimum absolute atomic E-state index is 0.0518. The van der Waals surface area contributed by atoms with Crippen molar-refractivity contribution >= 4 is 17.2 Å². The van der Waals surface area contributed by atoms with Gasteiger partial charge in [0.25, 0.3) is 5.91 Å². The van der Waals surface area contributed by atoms with E-state index in [9.17, 15) is 4.79 Å². The normalized spacial score (nSPS) is 21.6. The predicted molar refractivity (Wildman–Crippen MR) is 96.3 cm³/mol. The number of rotatable bonds is 5. The van der Waals surface area contributed by atoms with Crippen LogP contribution in [-0.4, -0.2) is 54.2 Å². The van der Waals surface area contributed by atoms with Crippen LogP contribution in [0.25, 0.3) is 10.6 Å². The first-order valence-corrected chi connectivity index (χ1v) is 9.10. The summed E-state index contributed by atoms with van der Waals surface area (Å²) in [6, 6.07) is 9.92. The number of thiazole rings is 1. The number of hydrogen-bond donors (Lipinski definition) is 1. The summed E-state index contributed by atoms with van der Waals surface area (Å²) >= 11 is 1.42. The molecule has 1 saturated heterocycles. The van der Waals surface area contributed by atoms with E-state index in [1.165, 1.54) is 11.3 Å². The molecule has 2 heterocycles. The molecule has 1 aromatic carbocycles. The molecule has 0 bridgehead atoms. The Morgan fingerprint density at radius 2 is 2.00 bits per heavy atom. The van der Waals surface area contributed by atoms with E-state index in [0.29, 0.717) is 11.4 Å². The van der Waals surface area contributed by atoms with Gasteiger partial charge >= 0.3 is 0 Å². The highest BCUT2D eigenvalue weighted by molar-refractivity contribution is 7.16. The number of nitrogens with one attached hydrogen (secondary N) is 1. The van der Waals surface area contributed by atoms with E-state index < -0.39 is 0 Å². The molecule has 0 unspecified atom stereocenters. The van der Waals surface area contributed by atoms with Gasteiger partial charge in [-0.25, -0.2) is 4.98 Å². The quantitative estimate of drug-likeness (QED) is 0.905. The van der Waals surface area contributed by atoms with Gasteiger partial charge in [-0.15, -0.1) is 11.3 Å². The molecule has 2 atom stereocenters. The topological polar surface area (TPSA) is 54.5 Å². The Balaban J connectivity index is 1.50. The monoisotopic (exact) mass is 345 g/mol. The summed E-state index contributed by atoms with van der Waals surface area (Å²) in [6.45, 7) is 7.48. The smallest absolute Gasteiger partial charge is 0.263 e. The molecule has 1 aliphatic heterocycles. The highest BCUT2D eigenvalue weighted by Crippen LogP contribution is 2.24. The summed E-state index contributed by atoms with van der Waals surface area (Å²) in [5.74, 6) is -0.0518. The van der Waals surface area contributed by atoms with E-state index >= 15 is 0 Å². The number of carbonyl (C=O) groups is 1. The van der Waals surface area contributed by atoms with E-state index in [1.807, 2.05) is 30.3 Å². The molecule has 5 nitrogen and oxygen atoms in total. The molecule has 1 aromatic heterocycles. The van der Waals surface area contributed by atoms with Crippen LogP contribution in [0.1, 0.15) is 23.5 Å². The van der Waals surface area contributed by atoms with Crippen molar-refractivity contribution < 1.29 is 9.53 Å². The molecular weight excluding hydrogens is 322 g/mol. The van der Waals surface area contributed by atoms with E-state index in [1.54, 1.807) is 6.20 Å². The van der Waals surface area contributed by atoms with Gasteiger partial charge in [-0.2, -0.15) is 0 Å². The molecule has 0 saturated carbocycles. The summed E-state index contributed by atoms with van der Waals surface area (Å²) in [6.07, 6.45) is 2.15. The van der Waals surface area contributed by atoms with Gasteiger partial charge in [0.1, 0.15) is 9.88 Å². The third-order valence-electron chi connectivity index (χ3n) is 3.96. The Hall–Kier alpha value is -1.76. The zero-order chi connectivity index (χ0) is 16.9. The summed E-state index contributed by atoms with van der Waals surface area (Å²) in [5, 5.41) is 3.86. The van der Waals surface area contributed by atoms with E-state index in [-0.39, 0.29) is 18.1 Å². The van der Waals surface area contributed by atoms with Crippen molar-refractivity contribution in [2.75, 3.05) is 26.2 Å². The molecule has 1 amide bonds. The van der Waals surface area contributed by atoms with Crippen molar-refractivity contribution in [3.63, 3.8) is 0 Å². The van der Waals surface area contributed by atoms with Gasteiger partial charge in [0.05, 0.1) is 18.4 Å². The molecule has 0 radical (unpaired) electrons. The Kier molecular flexibility index (Phi) is 5.60. The van der Waals surface area contributed by atoms with Crippen LogP contribution in [0.15, 0.2) is 36.5 Å². The zero-order valence-corrected chi connectivity index (χ0v) is 14.9. The van der Waals surface area contributed by atoms with Gasteiger partial charge in [-0.05, 0) is 13.8 Å². The lowest BCUT2D eigenvalue weighted by Crippen LogP contribution is -2.47. The van der Waals surface area contributed by atoms with Crippen LogP contribution in [0.3, 0.4) is 0 Å². The minimum atomic E-state index is -0.0518. The first-order chi connectivity index (χ1) is 11.6. The number of hydrogen-bond acceptors (Lipinski definition) is 5. The van der Waals surface area contributed by atoms with Crippen LogP contribution in [0.5, 0.6) is 0 Å². The third-order valence-corrected chi connectivity index (χ3v) is 5.00. The third kappa shape index (κ3) is 4.41. The summed E-state index contributed by atoms with van der Waals surface area (Å²) < 4.78 is 5.72. The van der Waals surface area contributed by atoms with E-state index in [2.05, 4.69) is 29.0 Å². The van der Waals surface area contributed by atoms with Crippen LogP contribution in [0.2, 0.25) is 0 Å². The van der Waals surface area contributed by atoms with Gasteiger partial charge < -0.3 is 10.1 Å². The Morgan fingerprint density at radius 3 is 2.71 bits per heavy atom. The molecular formula is C18H23N3O2S. The maximum absolute atomic E-state index is 12.3. The average molecular weight is 345 g/mol. The van der Waals surface area contributed by atoms with Crippen molar-refractivity contribution in [3.8, 4) is 10.6 Å². The average Bonchev–Trinajstić information content (AvgIpc) is 3.05. The number of amides is 1. The highest BCUT2D eigenvalue weighted by atomic mass is 32.1. The van der Waals surface area contributed by atoms with Crippen LogP contribution >= 0.6 is 11.3 Å². The number of aromatic nitrogens is 1. The molecule has 6 heteroatoms. The standard InChI is InChI=1S/C18H23N3O2S/c1-13-11-21(12-14(2)23-13)9-8-19-17(22)16-10-20-18(24-16)15-6-4-3-5-7-15/h3-7,10,13-14H,8-9,11-12H2,1-2H3,(H,19,22)/t13-,14-/m1/s1. The largest absolute Gasteiger partial charge is 0.373 e. The number of carbonyl (C=O) groups excluding carboxylic acids is 1. The molecule has 0 aliphatic carbocycles. The summed E-state index contributed by atoms with van der Waals surface area (Å²) in [5.41, 5.74) is 1.04. The van der Waals surface area contributed by atoms with Crippen molar-refractivity contribution in [1.29, 1.82) is 0 Å². The van der Waals surface area contributed by atoms with Gasteiger partial charge in [0.2, 0.25) is 0 Å². The second-order valence-corrected chi connectivity index (χ2v) is 7.20. The lowest BCUT2D eigenvalue weighted by atomic mass is 10.2. The lowest BCUT2D eigenvalue weighted by Gasteiger charge is -2.35. The molecule has 1 aliphatic rings. The molecule has 128 valence electrons. The van der Waals surface area contributed by atoms with Crippen LogP contribution in [-0.2, 0) is 4.74 Å². The van der Waals surface area contributed by atoms with Gasteiger partial charge in [0, 0.05) is 31.7 Å². The molecule has 24 heavy (non-hydrogen) atoms. The summed E-state index contributed by atoms with van der Waals surface area (Å²) in [7, 11) is 0. The second-order valence-electron chi connectivity index (χ2n) is 6.17. The van der Waals surface area contributed by atoms with Crippen LogP contribution in [0, 0.1) is 0 Å². The first kappa shape index (κ1) is 17.1. The van der Waals surface area contributed by atoms with Gasteiger partial charge in [-0.3, -0.25) is 9.69 Å². The molecule has 1 fully saturated rings. The number of nitrogens with zero attached hydrogens (tertiary/aromatic N) is 2. The van der Waals surface area contributed by atoms with E-state index in [4.69, 9.17) is 4.74 Å². The fourth-order valence-electron chi connectivity index (χ4n) is 2.97. The van der Waals surface area contributed by atoms with Crippen LogP contribution in [0.4, 0.5) is 0 Å². The lowest BCUT2D eigenvalue weighted by molar-refractivity contribution is -0.0672. The Labute approximate surface area is 146 Å². The molecule has 2 aromatic rings. The molecule has 0 spiro atoms.